The molecular weight excluding hydrogens is 238 g/mol. The van der Waals surface area contributed by atoms with Gasteiger partial charge in [0.15, 0.2) is 0 Å². The maximum Gasteiger partial charge on any atom is 0.411 e. The normalized spacial score (nSPS) is 15.6. The van der Waals surface area contributed by atoms with Crippen molar-refractivity contribution in [2.24, 2.45) is 5.73 Å². The van der Waals surface area contributed by atoms with Crippen LogP contribution in [-0.4, -0.2) is 18.9 Å². The summed E-state index contributed by atoms with van der Waals surface area (Å²) in [6, 6.07) is 4.52. The molecule has 2 unspecified atom stereocenters. The summed E-state index contributed by atoms with van der Waals surface area (Å²) in [5, 5.41) is 0. The number of halogens is 4. The highest BCUT2D eigenvalue weighted by Gasteiger charge is 2.29. The van der Waals surface area contributed by atoms with Gasteiger partial charge in [0.1, 0.15) is 12.4 Å². The Labute approximate surface area is 96.4 Å². The SMILES string of the molecule is CC(OCC(F)(F)F)C(N)c1ccc(F)cc1. The van der Waals surface area contributed by atoms with E-state index in [4.69, 9.17) is 5.73 Å². The number of rotatable bonds is 4. The Morgan fingerprint density at radius 1 is 1.24 bits per heavy atom. The van der Waals surface area contributed by atoms with E-state index in [2.05, 4.69) is 4.74 Å². The molecule has 0 aliphatic carbocycles. The van der Waals surface area contributed by atoms with Gasteiger partial charge < -0.3 is 10.5 Å². The molecule has 0 saturated heterocycles. The van der Waals surface area contributed by atoms with Gasteiger partial charge in [0, 0.05) is 0 Å². The summed E-state index contributed by atoms with van der Waals surface area (Å²) in [7, 11) is 0. The van der Waals surface area contributed by atoms with E-state index in [9.17, 15) is 17.6 Å². The molecule has 2 N–H and O–H groups in total. The zero-order valence-corrected chi connectivity index (χ0v) is 9.17. The molecule has 0 aromatic heterocycles. The largest absolute Gasteiger partial charge is 0.411 e. The molecule has 17 heavy (non-hydrogen) atoms. The van der Waals surface area contributed by atoms with Crippen LogP contribution in [0.1, 0.15) is 18.5 Å². The lowest BCUT2D eigenvalue weighted by Crippen LogP contribution is -2.30. The molecule has 0 bridgehead atoms. The van der Waals surface area contributed by atoms with Crippen LogP contribution in [0.3, 0.4) is 0 Å². The molecule has 0 saturated carbocycles. The first-order valence-corrected chi connectivity index (χ1v) is 4.99. The minimum Gasteiger partial charge on any atom is -0.367 e. The number of hydrogen-bond donors (Lipinski definition) is 1. The summed E-state index contributed by atoms with van der Waals surface area (Å²) in [5.41, 5.74) is 6.23. The minimum absolute atomic E-state index is 0.426. The Kier molecular flexibility index (Phi) is 4.47. The van der Waals surface area contributed by atoms with Crippen LogP contribution in [0, 0.1) is 5.82 Å². The Balaban J connectivity index is 2.57. The molecular formula is C11H13F4NO. The van der Waals surface area contributed by atoms with Gasteiger partial charge in [-0.05, 0) is 24.6 Å². The second-order valence-electron chi connectivity index (χ2n) is 3.71. The molecule has 1 aromatic rings. The molecule has 2 atom stereocenters. The number of alkyl halides is 3. The van der Waals surface area contributed by atoms with E-state index in [0.717, 1.165) is 0 Å². The average Bonchev–Trinajstić information content (AvgIpc) is 2.25. The van der Waals surface area contributed by atoms with E-state index >= 15 is 0 Å². The Hall–Kier alpha value is -1.14. The van der Waals surface area contributed by atoms with Gasteiger partial charge >= 0.3 is 6.18 Å². The van der Waals surface area contributed by atoms with Gasteiger partial charge in [-0.25, -0.2) is 4.39 Å². The molecule has 0 aliphatic rings. The molecule has 1 rings (SSSR count). The lowest BCUT2D eigenvalue weighted by molar-refractivity contribution is -0.185. The van der Waals surface area contributed by atoms with Gasteiger partial charge in [-0.15, -0.1) is 0 Å². The molecule has 1 aromatic carbocycles. The zero-order valence-electron chi connectivity index (χ0n) is 9.17. The Morgan fingerprint density at radius 2 is 1.76 bits per heavy atom. The zero-order chi connectivity index (χ0) is 13.1. The van der Waals surface area contributed by atoms with Crippen molar-refractivity contribution in [2.45, 2.75) is 25.2 Å². The van der Waals surface area contributed by atoms with Crippen LogP contribution < -0.4 is 5.73 Å². The molecule has 96 valence electrons. The minimum atomic E-state index is -4.38. The van der Waals surface area contributed by atoms with Crippen molar-refractivity contribution in [3.8, 4) is 0 Å². The highest BCUT2D eigenvalue weighted by atomic mass is 19.4. The lowest BCUT2D eigenvalue weighted by Gasteiger charge is -2.21. The van der Waals surface area contributed by atoms with Crippen LogP contribution in [0.2, 0.25) is 0 Å². The second-order valence-corrected chi connectivity index (χ2v) is 3.71. The number of benzene rings is 1. The molecule has 2 nitrogen and oxygen atoms in total. The Morgan fingerprint density at radius 3 is 2.24 bits per heavy atom. The van der Waals surface area contributed by atoms with E-state index in [-0.39, 0.29) is 0 Å². The number of hydrogen-bond acceptors (Lipinski definition) is 2. The van der Waals surface area contributed by atoms with Crippen LogP contribution in [0.5, 0.6) is 0 Å². The van der Waals surface area contributed by atoms with Gasteiger partial charge in [-0.3, -0.25) is 0 Å². The van der Waals surface area contributed by atoms with Crippen molar-refractivity contribution in [1.82, 2.24) is 0 Å². The van der Waals surface area contributed by atoms with Crippen LogP contribution in [0.25, 0.3) is 0 Å². The first kappa shape index (κ1) is 13.9. The number of ether oxygens (including phenoxy) is 1. The topological polar surface area (TPSA) is 35.2 Å². The second kappa shape index (κ2) is 5.46. The maximum atomic E-state index is 12.6. The summed E-state index contributed by atoms with van der Waals surface area (Å²) in [4.78, 5) is 0. The summed E-state index contributed by atoms with van der Waals surface area (Å²) >= 11 is 0. The quantitative estimate of drug-likeness (QED) is 0.835. The van der Waals surface area contributed by atoms with Crippen molar-refractivity contribution < 1.29 is 22.3 Å². The van der Waals surface area contributed by atoms with Crippen LogP contribution >= 0.6 is 0 Å². The molecule has 0 radical (unpaired) electrons. The summed E-state index contributed by atoms with van der Waals surface area (Å²) < 4.78 is 53.0. The molecule has 0 spiro atoms. The summed E-state index contributed by atoms with van der Waals surface area (Å²) in [5.74, 6) is -0.426. The maximum absolute atomic E-state index is 12.6. The fraction of sp³-hybridized carbons (Fsp3) is 0.455. The van der Waals surface area contributed by atoms with Crippen molar-refractivity contribution in [3.63, 3.8) is 0 Å². The highest BCUT2D eigenvalue weighted by molar-refractivity contribution is 5.20. The predicted octanol–water partition coefficient (Wildman–Crippen LogP) is 2.79. The van der Waals surface area contributed by atoms with Crippen LogP contribution in [-0.2, 0) is 4.74 Å². The van der Waals surface area contributed by atoms with Gasteiger partial charge in [-0.1, -0.05) is 12.1 Å². The first-order valence-electron chi connectivity index (χ1n) is 4.99. The van der Waals surface area contributed by atoms with Crippen molar-refractivity contribution in [3.05, 3.63) is 35.6 Å². The molecule has 0 aliphatic heterocycles. The average molecular weight is 251 g/mol. The third-order valence-electron chi connectivity index (χ3n) is 2.27. The van der Waals surface area contributed by atoms with E-state index < -0.39 is 30.7 Å². The van der Waals surface area contributed by atoms with E-state index in [1.165, 1.54) is 31.2 Å². The van der Waals surface area contributed by atoms with Gasteiger partial charge in [-0.2, -0.15) is 13.2 Å². The van der Waals surface area contributed by atoms with Crippen molar-refractivity contribution in [1.29, 1.82) is 0 Å². The highest BCUT2D eigenvalue weighted by Crippen LogP contribution is 2.20. The molecule has 6 heteroatoms. The third kappa shape index (κ3) is 4.70. The molecule has 0 amide bonds. The van der Waals surface area contributed by atoms with E-state index in [0.29, 0.717) is 5.56 Å². The molecule has 0 heterocycles. The fourth-order valence-corrected chi connectivity index (χ4v) is 1.29. The summed E-state index contributed by atoms with van der Waals surface area (Å²) in [6.45, 7) is 0.100. The predicted molar refractivity (Wildman–Crippen MR) is 54.8 cm³/mol. The Bertz CT molecular complexity index is 349. The smallest absolute Gasteiger partial charge is 0.367 e. The standard InChI is InChI=1S/C11H13F4NO/c1-7(17-6-11(13,14)15)10(16)8-2-4-9(12)5-3-8/h2-5,7,10H,6,16H2,1H3. The molecule has 0 fully saturated rings. The first-order chi connectivity index (χ1) is 7.79. The van der Waals surface area contributed by atoms with Crippen LogP contribution in [0.15, 0.2) is 24.3 Å². The van der Waals surface area contributed by atoms with Gasteiger partial charge in [0.05, 0.1) is 12.1 Å². The van der Waals surface area contributed by atoms with Crippen molar-refractivity contribution >= 4 is 0 Å². The summed E-state index contributed by atoms with van der Waals surface area (Å²) in [6.07, 6.45) is -5.18. The fourth-order valence-electron chi connectivity index (χ4n) is 1.29. The van der Waals surface area contributed by atoms with Crippen molar-refractivity contribution in [2.75, 3.05) is 6.61 Å². The third-order valence-corrected chi connectivity index (χ3v) is 2.27. The monoisotopic (exact) mass is 251 g/mol. The van der Waals surface area contributed by atoms with E-state index in [1.54, 1.807) is 0 Å². The lowest BCUT2D eigenvalue weighted by atomic mass is 10.0. The van der Waals surface area contributed by atoms with Gasteiger partial charge in [0.25, 0.3) is 0 Å². The van der Waals surface area contributed by atoms with E-state index in [1.807, 2.05) is 0 Å². The number of nitrogens with two attached hydrogens (primary N) is 1. The van der Waals surface area contributed by atoms with Gasteiger partial charge in [0.2, 0.25) is 0 Å². The van der Waals surface area contributed by atoms with Crippen LogP contribution in [0.4, 0.5) is 17.6 Å².